The quantitative estimate of drug-likeness (QED) is 0.311. The Bertz CT molecular complexity index is 99.5. The lowest BCUT2D eigenvalue weighted by atomic mass is 10.9. The molecule has 0 bridgehead atoms. The SMILES string of the molecule is CC(O)P(N)(=O)O.[AlH3]. The van der Waals surface area contributed by atoms with Crippen LogP contribution in [0.4, 0.5) is 0 Å². The van der Waals surface area contributed by atoms with Gasteiger partial charge in [-0.3, -0.25) is 10.1 Å². The first kappa shape index (κ1) is 11.4. The van der Waals surface area contributed by atoms with Crippen molar-refractivity contribution in [2.75, 3.05) is 0 Å². The summed E-state index contributed by atoms with van der Waals surface area (Å²) in [5.41, 5.74) is 4.54. The third-order valence-electron chi connectivity index (χ3n) is 0.535. The molecule has 0 fully saturated rings. The van der Waals surface area contributed by atoms with E-state index in [4.69, 9.17) is 10.00 Å². The Morgan fingerprint density at radius 2 is 1.88 bits per heavy atom. The molecule has 0 saturated heterocycles. The molecule has 6 heteroatoms. The van der Waals surface area contributed by atoms with Gasteiger partial charge in [-0.25, -0.2) is 0 Å². The van der Waals surface area contributed by atoms with Gasteiger partial charge >= 0.3 is 0 Å². The van der Waals surface area contributed by atoms with Crippen molar-refractivity contribution in [3.63, 3.8) is 0 Å². The predicted molar refractivity (Wildman–Crippen MR) is 35.6 cm³/mol. The van der Waals surface area contributed by atoms with Crippen molar-refractivity contribution in [3.05, 3.63) is 0 Å². The molecule has 2 unspecified atom stereocenters. The van der Waals surface area contributed by atoms with Gasteiger partial charge < -0.3 is 10.00 Å². The molecule has 0 aliphatic heterocycles. The molecule has 0 aromatic heterocycles. The molecule has 2 atom stereocenters. The second-order valence-electron chi connectivity index (χ2n) is 1.30. The lowest BCUT2D eigenvalue weighted by Crippen LogP contribution is -2.07. The Hall–Kier alpha value is 0.642. The van der Waals surface area contributed by atoms with Gasteiger partial charge in [-0.1, -0.05) is 0 Å². The van der Waals surface area contributed by atoms with Crippen LogP contribution in [0.3, 0.4) is 0 Å². The van der Waals surface area contributed by atoms with Crippen molar-refractivity contribution >= 4 is 24.9 Å². The standard InChI is InChI=1S/C2H8NO3P.Al.3H/c1-2(4)7(3,5)6;;;;/h2,4H,1H3,(H3,3,5,6);;;;. The van der Waals surface area contributed by atoms with Crippen LogP contribution in [0.5, 0.6) is 0 Å². The van der Waals surface area contributed by atoms with Crippen molar-refractivity contribution in [1.29, 1.82) is 0 Å². The molecule has 4 N–H and O–H groups in total. The van der Waals surface area contributed by atoms with E-state index in [1.54, 1.807) is 0 Å². The highest BCUT2D eigenvalue weighted by molar-refractivity contribution is 7.55. The fraction of sp³-hybridized carbons (Fsp3) is 1.00. The third-order valence-corrected chi connectivity index (χ3v) is 1.61. The van der Waals surface area contributed by atoms with Crippen molar-refractivity contribution < 1.29 is 14.6 Å². The van der Waals surface area contributed by atoms with Gasteiger partial charge in [-0.15, -0.1) is 0 Å². The highest BCUT2D eigenvalue weighted by atomic mass is 31.2. The topological polar surface area (TPSA) is 83.5 Å². The number of aliphatic hydroxyl groups excluding tert-OH is 1. The van der Waals surface area contributed by atoms with Crippen LogP contribution in [-0.4, -0.2) is 33.2 Å². The molecular weight excluding hydrogens is 144 g/mol. The Labute approximate surface area is 58.3 Å². The minimum atomic E-state index is -3.68. The molecule has 50 valence electrons. The van der Waals surface area contributed by atoms with E-state index < -0.39 is 13.4 Å². The monoisotopic (exact) mass is 155 g/mol. The van der Waals surface area contributed by atoms with E-state index in [1.807, 2.05) is 0 Å². The minimum Gasteiger partial charge on any atom is -0.382 e. The largest absolute Gasteiger partial charge is 0.382 e. The van der Waals surface area contributed by atoms with Gasteiger partial charge in [-0.2, -0.15) is 0 Å². The van der Waals surface area contributed by atoms with Crippen LogP contribution >= 0.6 is 7.52 Å². The molecule has 0 aliphatic rings. The van der Waals surface area contributed by atoms with Gasteiger partial charge in [0.05, 0.1) is 0 Å². The molecule has 4 nitrogen and oxygen atoms in total. The first-order chi connectivity index (χ1) is 2.94. The van der Waals surface area contributed by atoms with Crippen LogP contribution in [-0.2, 0) is 4.57 Å². The predicted octanol–water partition coefficient (Wildman–Crippen LogP) is -1.72. The van der Waals surface area contributed by atoms with Crippen LogP contribution < -0.4 is 5.50 Å². The van der Waals surface area contributed by atoms with E-state index >= 15 is 0 Å². The number of rotatable bonds is 1. The Morgan fingerprint density at radius 1 is 1.75 bits per heavy atom. The molecule has 0 heterocycles. The summed E-state index contributed by atoms with van der Waals surface area (Å²) in [4.78, 5) is 8.18. The summed E-state index contributed by atoms with van der Waals surface area (Å²) in [7, 11) is -3.68. The number of hydrogen-bond acceptors (Lipinski definition) is 2. The summed E-state index contributed by atoms with van der Waals surface area (Å²) >= 11 is 0. The maximum absolute atomic E-state index is 10.00. The lowest BCUT2D eigenvalue weighted by molar-refractivity contribution is 0.248. The molecule has 0 radical (unpaired) electrons. The van der Waals surface area contributed by atoms with E-state index in [1.165, 1.54) is 6.92 Å². The second-order valence-corrected chi connectivity index (χ2v) is 3.40. The summed E-state index contributed by atoms with van der Waals surface area (Å²) in [5, 5.41) is 8.25. The Balaban J connectivity index is 0. The van der Waals surface area contributed by atoms with Gasteiger partial charge in [-0.05, 0) is 6.92 Å². The molecule has 0 spiro atoms. The van der Waals surface area contributed by atoms with Crippen molar-refractivity contribution in [2.45, 2.75) is 12.8 Å². The fourth-order valence-corrected chi connectivity index (χ4v) is 0. The van der Waals surface area contributed by atoms with E-state index in [0.717, 1.165) is 0 Å². The molecule has 0 aromatic carbocycles. The maximum atomic E-state index is 10.00. The maximum Gasteiger partial charge on any atom is 0.292 e. The van der Waals surface area contributed by atoms with Crippen molar-refractivity contribution in [3.8, 4) is 0 Å². The highest BCUT2D eigenvalue weighted by Gasteiger charge is 2.17. The Kier molecular flexibility index (Phi) is 5.19. The number of nitrogens with two attached hydrogens (primary N) is 1. The van der Waals surface area contributed by atoms with Gasteiger partial charge in [0.25, 0.3) is 7.52 Å². The second kappa shape index (κ2) is 3.63. The smallest absolute Gasteiger partial charge is 0.292 e. The molecule has 0 saturated carbocycles. The van der Waals surface area contributed by atoms with Gasteiger partial charge in [0, 0.05) is 0 Å². The third kappa shape index (κ3) is 4.79. The van der Waals surface area contributed by atoms with Crippen LogP contribution in [0.15, 0.2) is 0 Å². The van der Waals surface area contributed by atoms with E-state index in [2.05, 4.69) is 5.50 Å². The molecule has 0 rings (SSSR count). The van der Waals surface area contributed by atoms with E-state index in [0.29, 0.717) is 0 Å². The summed E-state index contributed by atoms with van der Waals surface area (Å²) in [6.07, 6.45) is 0. The molecule has 8 heavy (non-hydrogen) atoms. The molecular formula is C2H11AlNO3P. The minimum absolute atomic E-state index is 0. The first-order valence-corrected chi connectivity index (χ1v) is 3.53. The van der Waals surface area contributed by atoms with Crippen LogP contribution in [0.1, 0.15) is 6.92 Å². The van der Waals surface area contributed by atoms with Crippen molar-refractivity contribution in [2.24, 2.45) is 5.50 Å². The van der Waals surface area contributed by atoms with Crippen molar-refractivity contribution in [1.82, 2.24) is 0 Å². The average molecular weight is 155 g/mol. The number of aliphatic hydroxyl groups is 1. The Morgan fingerprint density at radius 3 is 1.88 bits per heavy atom. The average Bonchev–Trinajstić information content (AvgIpc) is 1.31. The highest BCUT2D eigenvalue weighted by Crippen LogP contribution is 2.34. The zero-order valence-corrected chi connectivity index (χ0v) is 4.80. The van der Waals surface area contributed by atoms with Gasteiger partial charge in [0.2, 0.25) is 0 Å². The summed E-state index contributed by atoms with van der Waals surface area (Å²) < 4.78 is 10.00. The zero-order chi connectivity index (χ0) is 6.08. The fourth-order valence-electron chi connectivity index (χ4n) is 0. The van der Waals surface area contributed by atoms with E-state index in [-0.39, 0.29) is 17.4 Å². The lowest BCUT2D eigenvalue weighted by Gasteiger charge is -2.05. The molecule has 0 amide bonds. The number of hydrogen-bond donors (Lipinski definition) is 3. The molecule has 0 aliphatic carbocycles. The van der Waals surface area contributed by atoms with Gasteiger partial charge in [0.1, 0.15) is 5.85 Å². The van der Waals surface area contributed by atoms with Crippen LogP contribution in [0.2, 0.25) is 0 Å². The van der Waals surface area contributed by atoms with Crippen LogP contribution in [0.25, 0.3) is 0 Å². The zero-order valence-electron chi connectivity index (χ0n) is 3.90. The normalized spacial score (nSPS) is 20.5. The summed E-state index contributed by atoms with van der Waals surface area (Å²) in [6.45, 7) is 1.17. The van der Waals surface area contributed by atoms with E-state index in [9.17, 15) is 4.57 Å². The summed E-state index contributed by atoms with van der Waals surface area (Å²) in [6, 6.07) is 0. The van der Waals surface area contributed by atoms with Gasteiger partial charge in [0.15, 0.2) is 17.4 Å². The molecule has 0 aromatic rings. The van der Waals surface area contributed by atoms with Crippen LogP contribution in [0, 0.1) is 0 Å². The first-order valence-electron chi connectivity index (χ1n) is 1.73. The summed E-state index contributed by atoms with van der Waals surface area (Å²) in [5.74, 6) is -1.31.